The van der Waals surface area contributed by atoms with Crippen molar-refractivity contribution in [1.82, 2.24) is 0 Å². The van der Waals surface area contributed by atoms with Crippen LogP contribution in [-0.2, 0) is 5.41 Å². The van der Waals surface area contributed by atoms with Crippen LogP contribution >= 0.6 is 0 Å². The van der Waals surface area contributed by atoms with Crippen LogP contribution in [-0.4, -0.2) is 0 Å². The van der Waals surface area contributed by atoms with Crippen LogP contribution in [0, 0.1) is 13.8 Å². The number of rotatable bonds is 6. The first-order valence-corrected chi connectivity index (χ1v) is 27.3. The molecule has 2 heterocycles. The molecule has 4 nitrogen and oxygen atoms in total. The number of hydrogen-bond donors (Lipinski definition) is 0. The molecule has 370 valence electrons. The third-order valence-electron chi connectivity index (χ3n) is 17.3. The Morgan fingerprint density at radius 2 is 0.747 bits per heavy atom. The van der Waals surface area contributed by atoms with E-state index in [1.807, 2.05) is 6.07 Å². The van der Waals surface area contributed by atoms with Crippen molar-refractivity contribution in [3.8, 4) is 22.3 Å². The van der Waals surface area contributed by atoms with E-state index in [-0.39, 0.29) is 0 Å². The molecule has 0 saturated heterocycles. The number of aryl methyl sites for hydroxylation is 2. The molecular weight excluding hydrogens is 961 g/mol. The minimum absolute atomic E-state index is 0.691. The summed E-state index contributed by atoms with van der Waals surface area (Å²) in [6, 6.07) is 94.1. The number of hydrogen-bond acceptors (Lipinski definition) is 4. The highest BCUT2D eigenvalue weighted by Crippen LogP contribution is 2.68. The monoisotopic (exact) mass is 1010 g/mol. The molecule has 0 saturated carbocycles. The predicted octanol–water partition coefficient (Wildman–Crippen LogP) is 20.8. The van der Waals surface area contributed by atoms with E-state index in [4.69, 9.17) is 8.83 Å². The van der Waals surface area contributed by atoms with Crippen LogP contribution in [0.3, 0.4) is 0 Å². The summed E-state index contributed by atoms with van der Waals surface area (Å²) in [5.74, 6) is 0. The van der Waals surface area contributed by atoms with E-state index < -0.39 is 5.41 Å². The maximum atomic E-state index is 6.92. The molecule has 0 aliphatic heterocycles. The van der Waals surface area contributed by atoms with Crippen molar-refractivity contribution in [1.29, 1.82) is 0 Å². The molecule has 2 aliphatic carbocycles. The van der Waals surface area contributed by atoms with E-state index in [1.165, 1.54) is 82.6 Å². The third-order valence-corrected chi connectivity index (χ3v) is 17.3. The molecule has 0 bridgehead atoms. The molecule has 2 aliphatic rings. The first-order valence-electron chi connectivity index (χ1n) is 27.3. The van der Waals surface area contributed by atoms with Crippen molar-refractivity contribution in [2.45, 2.75) is 19.3 Å². The molecular formula is C75H48N2O2. The van der Waals surface area contributed by atoms with E-state index in [2.05, 4.69) is 272 Å². The zero-order valence-electron chi connectivity index (χ0n) is 43.5. The molecule has 79 heavy (non-hydrogen) atoms. The van der Waals surface area contributed by atoms with Gasteiger partial charge in [-0.05, 0) is 152 Å². The van der Waals surface area contributed by atoms with Gasteiger partial charge in [0.15, 0.2) is 11.2 Å². The van der Waals surface area contributed by atoms with Gasteiger partial charge in [-0.15, -0.1) is 0 Å². The van der Waals surface area contributed by atoms with Crippen molar-refractivity contribution in [2.24, 2.45) is 0 Å². The lowest BCUT2D eigenvalue weighted by molar-refractivity contribution is 0.668. The Morgan fingerprint density at radius 1 is 0.291 bits per heavy atom. The number of nitrogens with zero attached hydrogens (tertiary/aromatic N) is 2. The fourth-order valence-electron chi connectivity index (χ4n) is 14.1. The third kappa shape index (κ3) is 6.03. The van der Waals surface area contributed by atoms with Gasteiger partial charge >= 0.3 is 0 Å². The molecule has 0 N–H and O–H groups in total. The molecule has 0 unspecified atom stereocenters. The lowest BCUT2D eigenvalue weighted by Crippen LogP contribution is -2.26. The maximum absolute atomic E-state index is 6.92. The van der Waals surface area contributed by atoms with E-state index in [9.17, 15) is 0 Å². The van der Waals surface area contributed by atoms with Gasteiger partial charge in [-0.25, -0.2) is 0 Å². The second kappa shape index (κ2) is 16.4. The van der Waals surface area contributed by atoms with Crippen LogP contribution in [0.15, 0.2) is 264 Å². The van der Waals surface area contributed by atoms with Gasteiger partial charge in [0.1, 0.15) is 11.2 Å². The summed E-state index contributed by atoms with van der Waals surface area (Å²) in [7, 11) is 0. The van der Waals surface area contributed by atoms with Crippen molar-refractivity contribution in [3.05, 3.63) is 288 Å². The average molecular weight is 1010 g/mol. The number of furan rings is 2. The van der Waals surface area contributed by atoms with E-state index in [1.54, 1.807) is 0 Å². The zero-order chi connectivity index (χ0) is 52.1. The molecule has 0 fully saturated rings. The normalized spacial score (nSPS) is 13.0. The van der Waals surface area contributed by atoms with Gasteiger partial charge in [-0.1, -0.05) is 199 Å². The molecule has 4 heteroatoms. The Labute approximate surface area is 456 Å². The topological polar surface area (TPSA) is 32.8 Å². The summed E-state index contributed by atoms with van der Waals surface area (Å²) >= 11 is 0. The van der Waals surface area contributed by atoms with Gasteiger partial charge in [0.2, 0.25) is 0 Å². The second-order valence-electron chi connectivity index (χ2n) is 21.6. The summed E-state index contributed by atoms with van der Waals surface area (Å²) in [6.45, 7) is 4.31. The van der Waals surface area contributed by atoms with Gasteiger partial charge in [0.25, 0.3) is 0 Å². The molecule has 15 aromatic rings. The Kier molecular flexibility index (Phi) is 9.15. The molecule has 0 amide bonds. The van der Waals surface area contributed by atoms with Crippen LogP contribution in [0.4, 0.5) is 34.1 Å². The lowest BCUT2D eigenvalue weighted by Gasteiger charge is -2.34. The number of fused-ring (bicyclic) bond motifs is 23. The lowest BCUT2D eigenvalue weighted by atomic mass is 9.68. The van der Waals surface area contributed by atoms with Crippen LogP contribution in [0.5, 0.6) is 0 Å². The molecule has 1 spiro atoms. The number of para-hydroxylation sites is 4. The standard InChI is InChI=1S/C75H48N2O2/c1-45-33-37-47(38-34-45)76(65-29-15-25-59-54-21-9-13-31-68(54)78-73(59)65)49-41-42-58-61(43-49)50-17-3-5-23-56(50)70-62-44-67(77(48-39-35-46(2)36-40-48)66-30-16-26-60-55-22-10-14-32-69(55)79-74(60)66)53-20-4-6-24-57(53)71(62)75(72(58)70)63-27-11-7-18-51(63)52-19-8-12-28-64(52)75/h3-44H,1-2H3. The minimum Gasteiger partial charge on any atom is -0.454 e. The highest BCUT2D eigenvalue weighted by molar-refractivity contribution is 6.24. The molecule has 0 atom stereocenters. The Balaban J connectivity index is 1.01. The quantitative estimate of drug-likeness (QED) is 0.155. The van der Waals surface area contributed by atoms with Crippen molar-refractivity contribution in [3.63, 3.8) is 0 Å². The van der Waals surface area contributed by atoms with Gasteiger partial charge in [-0.3, -0.25) is 0 Å². The van der Waals surface area contributed by atoms with E-state index in [0.717, 1.165) is 83.4 Å². The highest BCUT2D eigenvalue weighted by atomic mass is 16.3. The Bertz CT molecular complexity index is 5010. The summed E-state index contributed by atoms with van der Waals surface area (Å²) in [5, 5.41) is 11.6. The van der Waals surface area contributed by atoms with Crippen LogP contribution in [0.2, 0.25) is 0 Å². The van der Waals surface area contributed by atoms with Crippen molar-refractivity contribution in [2.75, 3.05) is 9.80 Å². The van der Waals surface area contributed by atoms with Crippen molar-refractivity contribution >= 4 is 110 Å². The number of anilines is 6. The van der Waals surface area contributed by atoms with Gasteiger partial charge in [-0.2, -0.15) is 0 Å². The highest BCUT2D eigenvalue weighted by Gasteiger charge is 2.54. The summed E-state index contributed by atoms with van der Waals surface area (Å²) in [6.07, 6.45) is 0. The Morgan fingerprint density at radius 3 is 1.35 bits per heavy atom. The van der Waals surface area contributed by atoms with Crippen LogP contribution < -0.4 is 9.80 Å². The SMILES string of the molecule is Cc1ccc(N(c2ccc3c4c(c5ccccc5c3c2)-c2cc(N(c3ccc(C)cc3)c3cccc5c3oc3ccccc35)c3ccccc3c2C42c3ccccc3-c3ccccc32)c2cccc3c2oc2ccccc23)cc1. The molecule has 2 aromatic heterocycles. The first kappa shape index (κ1) is 44.0. The number of benzene rings is 13. The van der Waals surface area contributed by atoms with Crippen molar-refractivity contribution < 1.29 is 8.83 Å². The predicted molar refractivity (Wildman–Crippen MR) is 329 cm³/mol. The second-order valence-corrected chi connectivity index (χ2v) is 21.6. The van der Waals surface area contributed by atoms with E-state index >= 15 is 0 Å². The fraction of sp³-hybridized carbons (Fsp3) is 0.0400. The Hall–Kier alpha value is -10.2. The summed E-state index contributed by atoms with van der Waals surface area (Å²) < 4.78 is 13.7. The smallest absolute Gasteiger partial charge is 0.159 e. The summed E-state index contributed by atoms with van der Waals surface area (Å²) in [5.41, 5.74) is 21.6. The van der Waals surface area contributed by atoms with Gasteiger partial charge in [0.05, 0.1) is 22.5 Å². The molecule has 13 aromatic carbocycles. The maximum Gasteiger partial charge on any atom is 0.159 e. The molecule has 0 radical (unpaired) electrons. The van der Waals surface area contributed by atoms with Gasteiger partial charge in [0, 0.05) is 44.0 Å². The van der Waals surface area contributed by atoms with Crippen LogP contribution in [0.1, 0.15) is 33.4 Å². The zero-order valence-corrected chi connectivity index (χ0v) is 43.5. The molecule has 17 rings (SSSR count). The minimum atomic E-state index is -0.691. The first-order chi connectivity index (χ1) is 39.0. The van der Waals surface area contributed by atoms with Crippen LogP contribution in [0.25, 0.3) is 98.4 Å². The van der Waals surface area contributed by atoms with Gasteiger partial charge < -0.3 is 18.6 Å². The largest absolute Gasteiger partial charge is 0.454 e. The fourth-order valence-corrected chi connectivity index (χ4v) is 14.1. The van der Waals surface area contributed by atoms with E-state index in [0.29, 0.717) is 0 Å². The summed E-state index contributed by atoms with van der Waals surface area (Å²) in [4.78, 5) is 4.84. The average Bonchev–Trinajstić information content (AvgIpc) is 2.70.